The first-order valence-corrected chi connectivity index (χ1v) is 14.3. The van der Waals surface area contributed by atoms with Crippen LogP contribution < -0.4 is 19.7 Å². The van der Waals surface area contributed by atoms with E-state index >= 15 is 4.39 Å². The third-order valence-corrected chi connectivity index (χ3v) is 6.68. The van der Waals surface area contributed by atoms with E-state index in [2.05, 4.69) is 30.4 Å². The first-order chi connectivity index (χ1) is 21.0. The number of anilines is 2. The molecule has 0 radical (unpaired) electrons. The highest BCUT2D eigenvalue weighted by Crippen LogP contribution is 2.37. The van der Waals surface area contributed by atoms with Crippen molar-refractivity contribution in [3.8, 4) is 22.8 Å². The summed E-state index contributed by atoms with van der Waals surface area (Å²) in [6.07, 6.45) is 7.54. The average Bonchev–Trinajstić information content (AvgIpc) is 3.65. The van der Waals surface area contributed by atoms with Gasteiger partial charge in [-0.1, -0.05) is 0 Å². The molecule has 1 aromatic carbocycles. The Hall–Kier alpha value is -4.51. The number of rotatable bonds is 10. The first kappa shape index (κ1) is 32.4. The van der Waals surface area contributed by atoms with Crippen molar-refractivity contribution in [2.75, 3.05) is 33.2 Å². The summed E-state index contributed by atoms with van der Waals surface area (Å²) in [7, 11) is 6.51. The third kappa shape index (κ3) is 7.52. The van der Waals surface area contributed by atoms with Gasteiger partial charge in [-0.25, -0.2) is 19.3 Å². The van der Waals surface area contributed by atoms with E-state index in [0.29, 0.717) is 22.5 Å². The highest BCUT2D eigenvalue weighted by atomic mass is 32.2. The summed E-state index contributed by atoms with van der Waals surface area (Å²) in [4.78, 5) is 19.4. The molecule has 5 aromatic rings. The quantitative estimate of drug-likeness (QED) is 0.218. The number of hydrogen-bond acceptors (Lipinski definition) is 12. The molecule has 16 heteroatoms. The van der Waals surface area contributed by atoms with Crippen LogP contribution in [0.4, 0.5) is 15.9 Å². The van der Waals surface area contributed by atoms with Gasteiger partial charge in [-0.05, 0) is 40.1 Å². The zero-order valence-electron chi connectivity index (χ0n) is 25.1. The molecule has 0 amide bonds. The van der Waals surface area contributed by atoms with Gasteiger partial charge in [-0.2, -0.15) is 5.10 Å². The molecule has 2 N–H and O–H groups in total. The Morgan fingerprint density at radius 2 is 1.89 bits per heavy atom. The number of hydrogen-bond donors (Lipinski definition) is 2. The predicted molar refractivity (Wildman–Crippen MR) is 162 cm³/mol. The van der Waals surface area contributed by atoms with Crippen LogP contribution in [-0.4, -0.2) is 81.5 Å². The molecule has 234 valence electrons. The fourth-order valence-electron chi connectivity index (χ4n) is 4.18. The van der Waals surface area contributed by atoms with Crippen LogP contribution in [0.1, 0.15) is 19.7 Å². The van der Waals surface area contributed by atoms with E-state index in [1.807, 2.05) is 14.1 Å². The molecule has 1 atom stereocenters. The van der Waals surface area contributed by atoms with E-state index in [-0.39, 0.29) is 41.8 Å². The van der Waals surface area contributed by atoms with Gasteiger partial charge in [-0.3, -0.25) is 17.8 Å². The summed E-state index contributed by atoms with van der Waals surface area (Å²) in [5.41, 5.74) is 0.942. The molecule has 1 unspecified atom stereocenters. The zero-order chi connectivity index (χ0) is 32.0. The molecule has 44 heavy (non-hydrogen) atoms. The number of aliphatic hydroxyl groups is 1. The van der Waals surface area contributed by atoms with Crippen molar-refractivity contribution in [2.24, 2.45) is 0 Å². The fraction of sp³-hybridized carbons (Fsp3) is 0.321. The molecule has 5 rings (SSSR count). The number of benzene rings is 1. The van der Waals surface area contributed by atoms with E-state index in [9.17, 15) is 13.9 Å². The zero-order valence-corrected chi connectivity index (χ0v) is 25.9. The normalized spacial score (nSPS) is 12.0. The molecule has 0 fully saturated rings. The Balaban J connectivity index is 0.00000141. The van der Waals surface area contributed by atoms with Crippen molar-refractivity contribution >= 4 is 33.9 Å². The van der Waals surface area contributed by atoms with Crippen LogP contribution in [0.2, 0.25) is 0 Å². The molecular formula is C28H33FN9O5S-. The van der Waals surface area contributed by atoms with Crippen molar-refractivity contribution in [2.45, 2.75) is 32.5 Å². The van der Waals surface area contributed by atoms with Gasteiger partial charge in [0, 0.05) is 36.3 Å². The molecule has 0 saturated carbocycles. The second kappa shape index (κ2) is 13.9. The van der Waals surface area contributed by atoms with Gasteiger partial charge in [0.05, 0.1) is 68.0 Å². The lowest BCUT2D eigenvalue weighted by molar-refractivity contribution is 0.0577. The minimum Gasteiger partial charge on any atom is -0.755 e. The van der Waals surface area contributed by atoms with Gasteiger partial charge in [0.1, 0.15) is 22.9 Å². The van der Waals surface area contributed by atoms with Crippen LogP contribution in [0.25, 0.3) is 22.4 Å². The lowest BCUT2D eigenvalue weighted by atomic mass is 10.1. The average molecular weight is 627 g/mol. The molecule has 0 saturated heterocycles. The van der Waals surface area contributed by atoms with Crippen molar-refractivity contribution < 1.29 is 27.7 Å². The van der Waals surface area contributed by atoms with Gasteiger partial charge in [-0.15, -0.1) is 0 Å². The van der Waals surface area contributed by atoms with Crippen molar-refractivity contribution in [3.63, 3.8) is 0 Å². The number of nitrogens with one attached hydrogen (secondary N) is 1. The molecule has 0 aliphatic heterocycles. The Bertz CT molecular complexity index is 1760. The van der Waals surface area contributed by atoms with Crippen LogP contribution in [0.3, 0.4) is 0 Å². The van der Waals surface area contributed by atoms with Crippen LogP contribution in [0.5, 0.6) is 11.5 Å². The van der Waals surface area contributed by atoms with Crippen LogP contribution in [-0.2, 0) is 24.4 Å². The third-order valence-electron chi connectivity index (χ3n) is 6.03. The summed E-state index contributed by atoms with van der Waals surface area (Å²) in [6, 6.07) is 6.14. The van der Waals surface area contributed by atoms with Gasteiger partial charge in [0.25, 0.3) is 0 Å². The molecular weight excluding hydrogens is 593 g/mol. The molecule has 0 bridgehead atoms. The van der Waals surface area contributed by atoms with Crippen molar-refractivity contribution in [1.29, 1.82) is 0 Å². The second-order valence-corrected chi connectivity index (χ2v) is 11.0. The maximum Gasteiger partial charge on any atom is 0.188 e. The van der Waals surface area contributed by atoms with Crippen LogP contribution in [0.15, 0.2) is 55.2 Å². The first-order valence-electron chi connectivity index (χ1n) is 13.3. The van der Waals surface area contributed by atoms with Gasteiger partial charge >= 0.3 is 0 Å². The highest BCUT2D eigenvalue weighted by Gasteiger charge is 2.23. The number of ether oxygens (including phenoxy) is 2. The maximum atomic E-state index is 15.7. The van der Waals surface area contributed by atoms with E-state index in [4.69, 9.17) is 9.47 Å². The highest BCUT2D eigenvalue weighted by molar-refractivity contribution is 7.77. The second-order valence-electron chi connectivity index (χ2n) is 10.1. The van der Waals surface area contributed by atoms with E-state index in [0.717, 1.165) is 3.97 Å². The molecule has 14 nitrogen and oxygen atoms in total. The number of halogens is 1. The maximum absolute atomic E-state index is 15.7. The van der Waals surface area contributed by atoms with Gasteiger partial charge < -0.3 is 29.3 Å². The number of fused-ring (bicyclic) bond motifs is 1. The van der Waals surface area contributed by atoms with Gasteiger partial charge in [0.2, 0.25) is 0 Å². The lowest BCUT2D eigenvalue weighted by Gasteiger charge is -2.26. The van der Waals surface area contributed by atoms with Crippen LogP contribution in [0, 0.1) is 5.82 Å². The minimum absolute atomic E-state index is 0.0105. The lowest BCUT2D eigenvalue weighted by Crippen LogP contribution is -2.26. The van der Waals surface area contributed by atoms with E-state index in [1.165, 1.54) is 43.6 Å². The summed E-state index contributed by atoms with van der Waals surface area (Å²) in [5.74, 6) is -0.130. The Labute approximate surface area is 255 Å². The number of imidazole rings is 1. The molecule has 0 spiro atoms. The summed E-state index contributed by atoms with van der Waals surface area (Å²) < 4.78 is 52.3. The van der Waals surface area contributed by atoms with Crippen LogP contribution >= 0.6 is 0 Å². The largest absolute Gasteiger partial charge is 0.755 e. The standard InChI is InChI=1S/C26H27FN8O5S.C2H7N/c1-26(2,36)15-33-13-16(11-30-33)19-12-29-18-5-6-22(32-25(18)31-19)34(14-23-28-7-8-35(23)41(37)38)20-9-17(39-3)10-21(40-4)24(20)27;1-3-2/h5-13,36H,14-15H2,1-4H3,(H,37,38);3H,1-2H3/p-1. The summed E-state index contributed by atoms with van der Waals surface area (Å²) in [6.45, 7) is 3.47. The molecule has 4 heterocycles. The monoisotopic (exact) mass is 626 g/mol. The van der Waals surface area contributed by atoms with E-state index in [1.54, 1.807) is 49.3 Å². The van der Waals surface area contributed by atoms with Crippen molar-refractivity contribution in [1.82, 2.24) is 39.0 Å². The Morgan fingerprint density at radius 1 is 1.14 bits per heavy atom. The summed E-state index contributed by atoms with van der Waals surface area (Å²) in [5, 5.41) is 17.1. The number of nitrogens with zero attached hydrogens (tertiary/aromatic N) is 8. The number of aromatic nitrogens is 7. The topological polar surface area (TPSA) is 168 Å². The minimum atomic E-state index is -2.64. The fourth-order valence-corrected chi connectivity index (χ4v) is 4.61. The predicted octanol–water partition coefficient (Wildman–Crippen LogP) is 2.83. The molecule has 0 aliphatic carbocycles. The number of pyridine rings is 1. The SMILES string of the molecule is CNC.COc1cc(OC)c(F)c(N(Cc2nccn2S(=O)[O-])c2ccc3ncc(-c4cnn(CC(C)(C)O)c4)nc3n2)c1. The molecule has 4 aromatic heterocycles. The number of methoxy groups -OCH3 is 2. The Morgan fingerprint density at radius 3 is 2.55 bits per heavy atom. The molecule has 0 aliphatic rings. The van der Waals surface area contributed by atoms with Gasteiger partial charge in [0.15, 0.2) is 17.2 Å². The smallest absolute Gasteiger partial charge is 0.188 e. The Kier molecular flexibility index (Phi) is 10.2. The van der Waals surface area contributed by atoms with E-state index < -0.39 is 22.7 Å². The summed E-state index contributed by atoms with van der Waals surface area (Å²) >= 11 is -2.64. The van der Waals surface area contributed by atoms with Crippen molar-refractivity contribution in [3.05, 3.63) is 66.9 Å².